The molecule has 0 spiro atoms. The molecular weight excluding hydrogens is 210 g/mol. The molecule has 0 saturated carbocycles. The third kappa shape index (κ3) is 3.42. The summed E-state index contributed by atoms with van der Waals surface area (Å²) >= 11 is 0. The maximum Gasteiger partial charge on any atom is 0.130 e. The van der Waals surface area contributed by atoms with E-state index in [2.05, 4.69) is 6.07 Å². The molecule has 2 nitrogen and oxygen atoms in total. The van der Waals surface area contributed by atoms with Crippen LogP contribution in [-0.4, -0.2) is 5.78 Å². The lowest BCUT2D eigenvalue weighted by Crippen LogP contribution is -2.23. The van der Waals surface area contributed by atoms with Crippen molar-refractivity contribution in [2.75, 3.05) is 0 Å². The van der Waals surface area contributed by atoms with Crippen molar-refractivity contribution in [2.45, 2.75) is 40.0 Å². The molecule has 2 heteroatoms. The average molecular weight is 229 g/mol. The molecule has 0 aliphatic heterocycles. The fraction of sp³-hybridized carbons (Fsp3) is 0.467. The summed E-state index contributed by atoms with van der Waals surface area (Å²) in [6.45, 7) is 7.54. The van der Waals surface area contributed by atoms with E-state index in [-0.39, 0.29) is 17.1 Å². The summed E-state index contributed by atoms with van der Waals surface area (Å²) in [5.41, 5.74) is 1.84. The molecule has 17 heavy (non-hydrogen) atoms. The van der Waals surface area contributed by atoms with E-state index in [4.69, 9.17) is 0 Å². The molecule has 0 aliphatic carbocycles. The van der Waals surface area contributed by atoms with E-state index in [1.807, 2.05) is 45.0 Å². The van der Waals surface area contributed by atoms with Gasteiger partial charge in [0.15, 0.2) is 0 Å². The van der Waals surface area contributed by atoms with Crippen molar-refractivity contribution in [3.05, 3.63) is 35.4 Å². The monoisotopic (exact) mass is 229 g/mol. The second kappa shape index (κ2) is 5.14. The Balaban J connectivity index is 3.03. The molecule has 0 aliphatic rings. The Labute approximate surface area is 103 Å². The number of nitrogens with zero attached hydrogens (tertiary/aromatic N) is 1. The highest BCUT2D eigenvalue weighted by Gasteiger charge is 2.32. The molecule has 0 aromatic heterocycles. The number of hydrogen-bond donors (Lipinski definition) is 0. The highest BCUT2D eigenvalue weighted by molar-refractivity contribution is 5.76. The quantitative estimate of drug-likeness (QED) is 0.791. The van der Waals surface area contributed by atoms with Crippen LogP contribution in [0.25, 0.3) is 0 Å². The van der Waals surface area contributed by atoms with Crippen molar-refractivity contribution < 1.29 is 4.79 Å². The van der Waals surface area contributed by atoms with E-state index in [0.717, 1.165) is 5.56 Å². The summed E-state index contributed by atoms with van der Waals surface area (Å²) < 4.78 is 0. The molecule has 1 aromatic rings. The summed E-state index contributed by atoms with van der Waals surface area (Å²) in [5.74, 6) is -0.116. The number of nitriles is 1. The number of benzene rings is 1. The first-order chi connectivity index (χ1) is 7.86. The van der Waals surface area contributed by atoms with Crippen LogP contribution in [0.4, 0.5) is 0 Å². The highest BCUT2D eigenvalue weighted by Crippen LogP contribution is 2.38. The van der Waals surface area contributed by atoms with Gasteiger partial charge in [-0.3, -0.25) is 0 Å². The molecule has 0 heterocycles. The molecule has 1 atom stereocenters. The molecule has 1 unspecified atom stereocenters. The molecular formula is C15H19NO. The second-order valence-corrected chi connectivity index (χ2v) is 5.34. The first-order valence-corrected chi connectivity index (χ1v) is 5.82. The molecule has 0 radical (unpaired) electrons. The Kier molecular flexibility index (Phi) is 4.07. The lowest BCUT2D eigenvalue weighted by Gasteiger charge is -2.29. The van der Waals surface area contributed by atoms with Crippen molar-refractivity contribution in [2.24, 2.45) is 5.41 Å². The van der Waals surface area contributed by atoms with Crippen LogP contribution in [0.3, 0.4) is 0 Å². The minimum atomic E-state index is -0.324. The second-order valence-electron chi connectivity index (χ2n) is 5.34. The number of hydrogen-bond acceptors (Lipinski definition) is 2. The lowest BCUT2D eigenvalue weighted by molar-refractivity contribution is -0.118. The molecule has 0 amide bonds. The van der Waals surface area contributed by atoms with Crippen molar-refractivity contribution in [3.8, 4) is 6.07 Å². The zero-order valence-electron chi connectivity index (χ0n) is 10.9. The molecule has 0 N–H and O–H groups in total. The minimum absolute atomic E-state index is 0.127. The van der Waals surface area contributed by atoms with Gasteiger partial charge in [0.1, 0.15) is 5.78 Å². The number of carbonyl (C=O) groups is 1. The Morgan fingerprint density at radius 1 is 1.35 bits per heavy atom. The maximum absolute atomic E-state index is 11.3. The molecule has 1 rings (SSSR count). The molecule has 0 bridgehead atoms. The summed E-state index contributed by atoms with van der Waals surface area (Å²) in [6.07, 6.45) is 0.430. The summed E-state index contributed by atoms with van der Waals surface area (Å²) in [7, 11) is 0. The van der Waals surface area contributed by atoms with E-state index in [1.165, 1.54) is 5.56 Å². The molecule has 0 saturated heterocycles. The Bertz CT molecular complexity index is 437. The largest absolute Gasteiger partial charge is 0.300 e. The summed E-state index contributed by atoms with van der Waals surface area (Å²) in [6, 6.07) is 10.3. The average Bonchev–Trinajstić information content (AvgIpc) is 2.19. The third-order valence-corrected chi connectivity index (χ3v) is 3.03. The standard InChI is InChI=1S/C15H19NO/c1-11-5-7-13(8-6-11)14(10-16)15(3,4)9-12(2)17/h5-8,14H,9H2,1-4H3. The number of Topliss-reactive ketones (excluding diaryl/α,β-unsaturated/α-hetero) is 1. The number of aryl methyl sites for hydroxylation is 1. The Morgan fingerprint density at radius 2 is 1.88 bits per heavy atom. The lowest BCUT2D eigenvalue weighted by atomic mass is 9.72. The topological polar surface area (TPSA) is 40.9 Å². The van der Waals surface area contributed by atoms with Gasteiger partial charge in [-0.2, -0.15) is 5.26 Å². The van der Waals surface area contributed by atoms with Gasteiger partial charge in [-0.1, -0.05) is 43.7 Å². The predicted molar refractivity (Wildman–Crippen MR) is 68.6 cm³/mol. The van der Waals surface area contributed by atoms with Crippen LogP contribution in [0, 0.1) is 23.7 Å². The van der Waals surface area contributed by atoms with Crippen molar-refractivity contribution in [1.82, 2.24) is 0 Å². The number of carbonyl (C=O) groups excluding carboxylic acids is 1. The van der Waals surface area contributed by atoms with Gasteiger partial charge >= 0.3 is 0 Å². The van der Waals surface area contributed by atoms with Crippen LogP contribution in [-0.2, 0) is 4.79 Å². The maximum atomic E-state index is 11.3. The summed E-state index contributed by atoms with van der Waals surface area (Å²) in [5, 5.41) is 9.34. The van der Waals surface area contributed by atoms with Gasteiger partial charge in [-0.15, -0.1) is 0 Å². The van der Waals surface area contributed by atoms with Gasteiger partial charge in [-0.25, -0.2) is 0 Å². The fourth-order valence-corrected chi connectivity index (χ4v) is 2.20. The Morgan fingerprint density at radius 3 is 2.29 bits per heavy atom. The van der Waals surface area contributed by atoms with E-state index in [1.54, 1.807) is 6.92 Å². The van der Waals surface area contributed by atoms with Crippen LogP contribution in [0.15, 0.2) is 24.3 Å². The predicted octanol–water partition coefficient (Wildman–Crippen LogP) is 3.61. The SMILES string of the molecule is CC(=O)CC(C)(C)C(C#N)c1ccc(C)cc1. The zero-order chi connectivity index (χ0) is 13.1. The van der Waals surface area contributed by atoms with Crippen molar-refractivity contribution >= 4 is 5.78 Å². The van der Waals surface area contributed by atoms with E-state index in [0.29, 0.717) is 6.42 Å². The fourth-order valence-electron chi connectivity index (χ4n) is 2.20. The minimum Gasteiger partial charge on any atom is -0.300 e. The first-order valence-electron chi connectivity index (χ1n) is 5.82. The first kappa shape index (κ1) is 13.4. The van der Waals surface area contributed by atoms with E-state index in [9.17, 15) is 10.1 Å². The number of rotatable bonds is 4. The molecule has 0 fully saturated rings. The van der Waals surface area contributed by atoms with Crippen molar-refractivity contribution in [3.63, 3.8) is 0 Å². The van der Waals surface area contributed by atoms with Crippen molar-refractivity contribution in [1.29, 1.82) is 5.26 Å². The molecule has 90 valence electrons. The van der Waals surface area contributed by atoms with Crippen LogP contribution in [0.1, 0.15) is 44.2 Å². The van der Waals surface area contributed by atoms with Gasteiger partial charge in [0.25, 0.3) is 0 Å². The van der Waals surface area contributed by atoms with Gasteiger partial charge in [0, 0.05) is 6.42 Å². The Hall–Kier alpha value is -1.62. The van der Waals surface area contributed by atoms with Crippen LogP contribution in [0.2, 0.25) is 0 Å². The van der Waals surface area contributed by atoms with E-state index < -0.39 is 0 Å². The van der Waals surface area contributed by atoms with Gasteiger partial charge in [0.05, 0.1) is 12.0 Å². The third-order valence-electron chi connectivity index (χ3n) is 3.03. The van der Waals surface area contributed by atoms with Crippen LogP contribution < -0.4 is 0 Å². The van der Waals surface area contributed by atoms with Crippen LogP contribution in [0.5, 0.6) is 0 Å². The van der Waals surface area contributed by atoms with Crippen LogP contribution >= 0.6 is 0 Å². The number of ketones is 1. The van der Waals surface area contributed by atoms with E-state index >= 15 is 0 Å². The zero-order valence-corrected chi connectivity index (χ0v) is 10.9. The summed E-state index contributed by atoms with van der Waals surface area (Å²) in [4.78, 5) is 11.3. The smallest absolute Gasteiger partial charge is 0.130 e. The van der Waals surface area contributed by atoms with Gasteiger partial charge in [-0.05, 0) is 24.8 Å². The highest BCUT2D eigenvalue weighted by atomic mass is 16.1. The normalized spacial score (nSPS) is 12.9. The van der Waals surface area contributed by atoms with Gasteiger partial charge in [0.2, 0.25) is 0 Å². The molecule has 1 aromatic carbocycles. The van der Waals surface area contributed by atoms with Gasteiger partial charge < -0.3 is 4.79 Å².